The summed E-state index contributed by atoms with van der Waals surface area (Å²) in [5, 5.41) is 0.577. The van der Waals surface area contributed by atoms with Gasteiger partial charge in [0.05, 0.1) is 17.0 Å². The summed E-state index contributed by atoms with van der Waals surface area (Å²) < 4.78 is 26.3. The van der Waals surface area contributed by atoms with Gasteiger partial charge in [-0.2, -0.15) is 0 Å². The predicted molar refractivity (Wildman–Crippen MR) is 84.7 cm³/mol. The van der Waals surface area contributed by atoms with Crippen molar-refractivity contribution >= 4 is 26.7 Å². The van der Waals surface area contributed by atoms with Gasteiger partial charge in [-0.25, -0.2) is 17.4 Å². The van der Waals surface area contributed by atoms with Gasteiger partial charge in [-0.1, -0.05) is 0 Å². The first-order valence-corrected chi connectivity index (χ1v) is 8.49. The lowest BCUT2D eigenvalue weighted by Gasteiger charge is -2.07. The van der Waals surface area contributed by atoms with E-state index in [-0.39, 0.29) is 5.25 Å². The van der Waals surface area contributed by atoms with Gasteiger partial charge in [0.2, 0.25) is 10.0 Å². The number of pyridine rings is 2. The maximum atomic E-state index is 12.5. The third-order valence-electron chi connectivity index (χ3n) is 3.89. The number of hydrogen-bond acceptors (Lipinski definition) is 5. The Morgan fingerprint density at radius 2 is 2.05 bits per heavy atom. The summed E-state index contributed by atoms with van der Waals surface area (Å²) >= 11 is 0. The number of fused-ring (bicyclic) bond motifs is 1. The molecule has 0 atom stereocenters. The number of nitrogens with zero attached hydrogens (tertiary/aromatic N) is 3. The number of nitrogen functional groups attached to an aromatic ring is 1. The summed E-state index contributed by atoms with van der Waals surface area (Å²) in [5.41, 5.74) is 8.04. The van der Waals surface area contributed by atoms with E-state index in [9.17, 15) is 8.42 Å². The molecule has 0 saturated heterocycles. The number of anilines is 1. The molecule has 0 aliphatic heterocycles. The summed E-state index contributed by atoms with van der Waals surface area (Å²) in [6, 6.07) is 5.39. The second-order valence-electron chi connectivity index (χ2n) is 5.45. The van der Waals surface area contributed by atoms with Crippen LogP contribution in [0.5, 0.6) is 0 Å². The second-order valence-corrected chi connectivity index (χ2v) is 7.54. The molecule has 2 N–H and O–H groups in total. The lowest BCUT2D eigenvalue weighted by Crippen LogP contribution is -2.16. The highest BCUT2D eigenvalue weighted by atomic mass is 32.2. The molecule has 1 aliphatic carbocycles. The predicted octanol–water partition coefficient (Wildman–Crippen LogP) is 2.02. The molecule has 112 valence electrons. The van der Waals surface area contributed by atoms with Crippen molar-refractivity contribution in [3.05, 3.63) is 43.0 Å². The summed E-state index contributed by atoms with van der Waals surface area (Å²) in [5.74, 6) is 0.416. The highest BCUT2D eigenvalue weighted by molar-refractivity contribution is 7.91. The third kappa shape index (κ3) is 1.97. The maximum absolute atomic E-state index is 12.5. The Hall–Kier alpha value is -2.41. The molecule has 1 aliphatic rings. The fourth-order valence-corrected chi connectivity index (χ4v) is 4.33. The van der Waals surface area contributed by atoms with Crippen LogP contribution < -0.4 is 5.73 Å². The van der Waals surface area contributed by atoms with E-state index >= 15 is 0 Å². The van der Waals surface area contributed by atoms with Crippen LogP contribution in [0.15, 0.2) is 43.0 Å². The van der Waals surface area contributed by atoms with E-state index in [1.54, 1.807) is 30.9 Å². The molecule has 0 radical (unpaired) electrons. The molecule has 3 aromatic heterocycles. The van der Waals surface area contributed by atoms with Crippen LogP contribution in [0.1, 0.15) is 12.8 Å². The van der Waals surface area contributed by atoms with Crippen LogP contribution in [0.4, 0.5) is 5.82 Å². The van der Waals surface area contributed by atoms with Crippen molar-refractivity contribution in [2.75, 3.05) is 5.73 Å². The van der Waals surface area contributed by atoms with E-state index in [0.29, 0.717) is 11.3 Å². The van der Waals surface area contributed by atoms with Gasteiger partial charge in [-0.3, -0.25) is 4.98 Å². The van der Waals surface area contributed by atoms with Crippen molar-refractivity contribution < 1.29 is 8.42 Å². The minimum Gasteiger partial charge on any atom is -0.384 e. The third-order valence-corrected chi connectivity index (χ3v) is 6.07. The van der Waals surface area contributed by atoms with Crippen molar-refractivity contribution in [2.45, 2.75) is 18.1 Å². The summed E-state index contributed by atoms with van der Waals surface area (Å²) in [4.78, 5) is 8.18. The zero-order valence-corrected chi connectivity index (χ0v) is 12.5. The Morgan fingerprint density at radius 3 is 2.77 bits per heavy atom. The Kier molecular flexibility index (Phi) is 2.74. The van der Waals surface area contributed by atoms with Gasteiger partial charge in [-0.15, -0.1) is 0 Å². The number of nitrogens with two attached hydrogens (primary N) is 1. The first-order chi connectivity index (χ1) is 10.6. The van der Waals surface area contributed by atoms with Crippen LogP contribution in [0, 0.1) is 0 Å². The highest BCUT2D eigenvalue weighted by Crippen LogP contribution is 2.34. The van der Waals surface area contributed by atoms with E-state index in [1.807, 2.05) is 12.1 Å². The largest absolute Gasteiger partial charge is 0.384 e. The Bertz CT molecular complexity index is 974. The van der Waals surface area contributed by atoms with Crippen molar-refractivity contribution in [1.82, 2.24) is 13.9 Å². The van der Waals surface area contributed by atoms with E-state index < -0.39 is 10.0 Å². The molecule has 22 heavy (non-hydrogen) atoms. The van der Waals surface area contributed by atoms with Gasteiger partial charge in [0, 0.05) is 29.5 Å². The van der Waals surface area contributed by atoms with E-state index in [4.69, 9.17) is 5.73 Å². The average Bonchev–Trinajstić information content (AvgIpc) is 3.26. The van der Waals surface area contributed by atoms with E-state index in [1.165, 1.54) is 3.97 Å². The Morgan fingerprint density at radius 1 is 1.23 bits per heavy atom. The van der Waals surface area contributed by atoms with Crippen LogP contribution >= 0.6 is 0 Å². The molecule has 1 saturated carbocycles. The molecule has 0 bridgehead atoms. The van der Waals surface area contributed by atoms with Crippen LogP contribution in [-0.2, 0) is 10.0 Å². The number of rotatable bonds is 3. The molecular weight excluding hydrogens is 300 g/mol. The normalized spacial score (nSPS) is 15.3. The summed E-state index contributed by atoms with van der Waals surface area (Å²) in [6.07, 6.45) is 8.00. The molecule has 0 amide bonds. The first kappa shape index (κ1) is 13.3. The SMILES string of the molecule is Nc1cc(-c2cncc3c2ccn3S(=O)(=O)C2CC2)ccn1. The Labute approximate surface area is 127 Å². The lowest BCUT2D eigenvalue weighted by atomic mass is 10.1. The van der Waals surface area contributed by atoms with Crippen LogP contribution in [0.25, 0.3) is 22.0 Å². The molecule has 7 heteroatoms. The molecule has 3 aromatic rings. The van der Waals surface area contributed by atoms with Crippen LogP contribution in [0.3, 0.4) is 0 Å². The van der Waals surface area contributed by atoms with Gasteiger partial charge in [-0.05, 0) is 36.6 Å². The van der Waals surface area contributed by atoms with Crippen molar-refractivity contribution in [3.63, 3.8) is 0 Å². The summed E-state index contributed by atoms with van der Waals surface area (Å²) in [6.45, 7) is 0. The average molecular weight is 314 g/mol. The molecule has 1 fully saturated rings. The molecule has 4 rings (SSSR count). The standard InChI is InChI=1S/C15H14N4O2S/c16-15-7-10(3-5-18-15)13-8-17-9-14-12(13)4-6-19(14)22(20,21)11-1-2-11/h3-9,11H,1-2H2,(H2,16,18). The minimum atomic E-state index is -3.32. The number of hydrogen-bond donors (Lipinski definition) is 1. The van der Waals surface area contributed by atoms with Crippen molar-refractivity contribution in [3.8, 4) is 11.1 Å². The van der Waals surface area contributed by atoms with Gasteiger partial charge in [0.25, 0.3) is 0 Å². The highest BCUT2D eigenvalue weighted by Gasteiger charge is 2.37. The van der Waals surface area contributed by atoms with Crippen molar-refractivity contribution in [1.29, 1.82) is 0 Å². The zero-order chi connectivity index (χ0) is 15.3. The van der Waals surface area contributed by atoms with Gasteiger partial charge in [0.1, 0.15) is 5.82 Å². The molecule has 3 heterocycles. The lowest BCUT2D eigenvalue weighted by molar-refractivity contribution is 0.587. The fraction of sp³-hybridized carbons (Fsp3) is 0.200. The fourth-order valence-electron chi connectivity index (χ4n) is 2.63. The first-order valence-electron chi connectivity index (χ1n) is 6.99. The molecule has 0 spiro atoms. The van der Waals surface area contributed by atoms with Crippen LogP contribution in [-0.4, -0.2) is 27.6 Å². The summed E-state index contributed by atoms with van der Waals surface area (Å²) in [7, 11) is -3.32. The topological polar surface area (TPSA) is 90.9 Å². The van der Waals surface area contributed by atoms with Crippen LogP contribution in [0.2, 0.25) is 0 Å². The molecule has 0 aromatic carbocycles. The van der Waals surface area contributed by atoms with Gasteiger partial charge in [0.15, 0.2) is 0 Å². The smallest absolute Gasteiger partial charge is 0.241 e. The monoisotopic (exact) mass is 314 g/mol. The molecule has 0 unspecified atom stereocenters. The second kappa shape index (κ2) is 4.54. The quantitative estimate of drug-likeness (QED) is 0.798. The van der Waals surface area contributed by atoms with Gasteiger partial charge < -0.3 is 5.73 Å². The maximum Gasteiger partial charge on any atom is 0.241 e. The Balaban J connectivity index is 1.94. The number of aromatic nitrogens is 3. The zero-order valence-electron chi connectivity index (χ0n) is 11.7. The van der Waals surface area contributed by atoms with E-state index in [2.05, 4.69) is 9.97 Å². The van der Waals surface area contributed by atoms with Gasteiger partial charge >= 0.3 is 0 Å². The molecular formula is C15H14N4O2S. The van der Waals surface area contributed by atoms with E-state index in [0.717, 1.165) is 29.4 Å². The molecule has 6 nitrogen and oxygen atoms in total. The van der Waals surface area contributed by atoms with Crippen molar-refractivity contribution in [2.24, 2.45) is 0 Å². The minimum absolute atomic E-state index is 0.261.